The lowest BCUT2D eigenvalue weighted by atomic mass is 9.92. The van der Waals surface area contributed by atoms with Gasteiger partial charge >= 0.3 is 0 Å². The van der Waals surface area contributed by atoms with Crippen LogP contribution in [0.1, 0.15) is 29.8 Å². The van der Waals surface area contributed by atoms with E-state index < -0.39 is 0 Å². The van der Waals surface area contributed by atoms with Crippen LogP contribution in [0.4, 0.5) is 0 Å². The number of furan rings is 1. The third kappa shape index (κ3) is 2.31. The molecule has 1 aliphatic carbocycles. The Morgan fingerprint density at radius 2 is 2.33 bits per heavy atom. The van der Waals surface area contributed by atoms with Gasteiger partial charge in [0.1, 0.15) is 0 Å². The van der Waals surface area contributed by atoms with Gasteiger partial charge < -0.3 is 15.1 Å². The Hall–Kier alpha value is -1.88. The predicted octanol–water partition coefficient (Wildman–Crippen LogP) is 1.95. The number of fused-ring (bicyclic) bond motifs is 1. The van der Waals surface area contributed by atoms with Crippen LogP contribution in [0.3, 0.4) is 0 Å². The molecule has 3 heterocycles. The van der Waals surface area contributed by atoms with E-state index in [0.717, 1.165) is 25.0 Å². The topological polar surface area (TPSA) is 67.2 Å². The van der Waals surface area contributed by atoms with Gasteiger partial charge in [-0.25, -0.2) is 0 Å². The van der Waals surface area contributed by atoms with Crippen LogP contribution >= 0.6 is 0 Å². The van der Waals surface area contributed by atoms with E-state index in [1.165, 1.54) is 19.3 Å². The van der Waals surface area contributed by atoms with Crippen LogP contribution in [-0.2, 0) is 0 Å². The summed E-state index contributed by atoms with van der Waals surface area (Å²) < 4.78 is 5.53. The van der Waals surface area contributed by atoms with Crippen molar-refractivity contribution in [1.82, 2.24) is 15.6 Å². The minimum absolute atomic E-state index is 0.123. The molecular weight excluding hydrogens is 266 g/mol. The smallest absolute Gasteiger partial charge is 0.287 e. The molecule has 5 heteroatoms. The van der Waals surface area contributed by atoms with Crippen molar-refractivity contribution in [2.45, 2.75) is 19.3 Å². The number of rotatable bonds is 3. The molecule has 1 aliphatic heterocycles. The van der Waals surface area contributed by atoms with Gasteiger partial charge in [-0.05, 0) is 55.8 Å². The van der Waals surface area contributed by atoms with E-state index in [-0.39, 0.29) is 5.91 Å². The van der Waals surface area contributed by atoms with Crippen molar-refractivity contribution in [2.24, 2.45) is 11.3 Å². The summed E-state index contributed by atoms with van der Waals surface area (Å²) in [5, 5.41) is 7.33. The van der Waals surface area contributed by atoms with Crippen molar-refractivity contribution in [2.75, 3.05) is 19.6 Å². The number of carbonyl (C=O) groups excluding carboxylic acids is 1. The summed E-state index contributed by atoms with van der Waals surface area (Å²) in [6.07, 6.45) is 7.06. The highest BCUT2D eigenvalue weighted by molar-refractivity contribution is 5.95. The molecule has 2 fully saturated rings. The zero-order valence-corrected chi connectivity index (χ0v) is 11.9. The number of aromatic nitrogens is 1. The van der Waals surface area contributed by atoms with Gasteiger partial charge in [-0.3, -0.25) is 9.78 Å². The van der Waals surface area contributed by atoms with Crippen molar-refractivity contribution in [1.29, 1.82) is 0 Å². The molecule has 5 nitrogen and oxygen atoms in total. The second-order valence-corrected chi connectivity index (χ2v) is 6.25. The van der Waals surface area contributed by atoms with E-state index in [1.54, 1.807) is 18.5 Å². The van der Waals surface area contributed by atoms with Crippen molar-refractivity contribution in [3.05, 3.63) is 30.3 Å². The minimum atomic E-state index is -0.123. The number of amides is 1. The van der Waals surface area contributed by atoms with Crippen LogP contribution in [0.25, 0.3) is 11.0 Å². The molecule has 21 heavy (non-hydrogen) atoms. The first kappa shape index (κ1) is 12.8. The fourth-order valence-electron chi connectivity index (χ4n) is 3.56. The SMILES string of the molecule is O=C(NCC1CC12CCNCC2)c1cc2ccncc2o1. The van der Waals surface area contributed by atoms with E-state index in [2.05, 4.69) is 15.6 Å². The van der Waals surface area contributed by atoms with E-state index in [9.17, 15) is 4.79 Å². The van der Waals surface area contributed by atoms with Crippen molar-refractivity contribution >= 4 is 16.9 Å². The van der Waals surface area contributed by atoms with E-state index >= 15 is 0 Å². The van der Waals surface area contributed by atoms with Gasteiger partial charge in [-0.15, -0.1) is 0 Å². The Morgan fingerprint density at radius 3 is 3.14 bits per heavy atom. The average Bonchev–Trinajstić information content (AvgIpc) is 2.99. The fourth-order valence-corrected chi connectivity index (χ4v) is 3.56. The van der Waals surface area contributed by atoms with Gasteiger partial charge in [0.2, 0.25) is 0 Å². The van der Waals surface area contributed by atoms with Gasteiger partial charge in [-0.2, -0.15) is 0 Å². The molecule has 2 N–H and O–H groups in total. The summed E-state index contributed by atoms with van der Waals surface area (Å²) in [6.45, 7) is 2.98. The molecule has 110 valence electrons. The van der Waals surface area contributed by atoms with Crippen LogP contribution in [0.2, 0.25) is 0 Å². The summed E-state index contributed by atoms with van der Waals surface area (Å²) >= 11 is 0. The van der Waals surface area contributed by atoms with Crippen molar-refractivity contribution in [3.63, 3.8) is 0 Å². The number of pyridine rings is 1. The number of carbonyl (C=O) groups is 1. The third-order valence-electron chi connectivity index (χ3n) is 5.01. The quantitative estimate of drug-likeness (QED) is 0.904. The first-order valence-electron chi connectivity index (χ1n) is 7.59. The Morgan fingerprint density at radius 1 is 1.48 bits per heavy atom. The molecule has 0 bridgehead atoms. The fraction of sp³-hybridized carbons (Fsp3) is 0.500. The number of hydrogen-bond donors (Lipinski definition) is 2. The lowest BCUT2D eigenvalue weighted by molar-refractivity contribution is 0.0924. The van der Waals surface area contributed by atoms with E-state index in [0.29, 0.717) is 22.7 Å². The van der Waals surface area contributed by atoms with Crippen LogP contribution in [-0.4, -0.2) is 30.5 Å². The zero-order chi connectivity index (χ0) is 14.3. The van der Waals surface area contributed by atoms with Crippen LogP contribution < -0.4 is 10.6 Å². The summed E-state index contributed by atoms with van der Waals surface area (Å²) in [6, 6.07) is 3.63. The van der Waals surface area contributed by atoms with E-state index in [1.807, 2.05) is 6.07 Å². The monoisotopic (exact) mass is 285 g/mol. The van der Waals surface area contributed by atoms with E-state index in [4.69, 9.17) is 4.42 Å². The van der Waals surface area contributed by atoms with Crippen molar-refractivity contribution in [3.8, 4) is 0 Å². The molecule has 1 saturated carbocycles. The Balaban J connectivity index is 1.38. The Kier molecular flexibility index (Phi) is 2.96. The van der Waals surface area contributed by atoms with Gasteiger partial charge in [-0.1, -0.05) is 0 Å². The highest BCUT2D eigenvalue weighted by Crippen LogP contribution is 2.58. The lowest BCUT2D eigenvalue weighted by Crippen LogP contribution is -2.32. The molecule has 2 aromatic heterocycles. The number of hydrogen-bond acceptors (Lipinski definition) is 4. The number of piperidine rings is 1. The maximum Gasteiger partial charge on any atom is 0.287 e. The normalized spacial score (nSPS) is 23.3. The Labute approximate surface area is 123 Å². The molecule has 1 atom stereocenters. The number of nitrogens with zero attached hydrogens (tertiary/aromatic N) is 1. The van der Waals surface area contributed by atoms with Crippen LogP contribution in [0.15, 0.2) is 28.9 Å². The predicted molar refractivity (Wildman–Crippen MR) is 79.0 cm³/mol. The molecular formula is C16H19N3O2. The highest BCUT2D eigenvalue weighted by Gasteiger charge is 2.53. The zero-order valence-electron chi connectivity index (χ0n) is 11.9. The molecule has 1 unspecified atom stereocenters. The first-order chi connectivity index (χ1) is 10.3. The molecule has 0 radical (unpaired) electrons. The molecule has 2 aliphatic rings. The van der Waals surface area contributed by atoms with Gasteiger partial charge in [0.05, 0.1) is 6.20 Å². The molecule has 1 amide bonds. The number of nitrogens with one attached hydrogen (secondary N) is 2. The minimum Gasteiger partial charge on any atom is -0.449 e. The molecule has 1 saturated heterocycles. The Bertz CT molecular complexity index is 640. The molecule has 0 aromatic carbocycles. The first-order valence-corrected chi connectivity index (χ1v) is 7.59. The summed E-state index contributed by atoms with van der Waals surface area (Å²) in [5.41, 5.74) is 1.15. The summed E-state index contributed by atoms with van der Waals surface area (Å²) in [5.74, 6) is 0.884. The second-order valence-electron chi connectivity index (χ2n) is 6.25. The third-order valence-corrected chi connectivity index (χ3v) is 5.01. The molecule has 2 aromatic rings. The summed E-state index contributed by atoms with van der Waals surface area (Å²) in [7, 11) is 0. The van der Waals surface area contributed by atoms with Gasteiger partial charge in [0.15, 0.2) is 11.3 Å². The summed E-state index contributed by atoms with van der Waals surface area (Å²) in [4.78, 5) is 16.2. The largest absolute Gasteiger partial charge is 0.449 e. The van der Waals surface area contributed by atoms with Gasteiger partial charge in [0.25, 0.3) is 5.91 Å². The van der Waals surface area contributed by atoms with Crippen LogP contribution in [0, 0.1) is 11.3 Å². The highest BCUT2D eigenvalue weighted by atomic mass is 16.3. The molecule has 1 spiro atoms. The maximum absolute atomic E-state index is 12.2. The van der Waals surface area contributed by atoms with Gasteiger partial charge in [0, 0.05) is 18.1 Å². The second kappa shape index (κ2) is 4.84. The lowest BCUT2D eigenvalue weighted by Gasteiger charge is -2.23. The maximum atomic E-state index is 12.2. The molecule has 4 rings (SSSR count). The average molecular weight is 285 g/mol. The van der Waals surface area contributed by atoms with Crippen LogP contribution in [0.5, 0.6) is 0 Å². The van der Waals surface area contributed by atoms with Crippen molar-refractivity contribution < 1.29 is 9.21 Å². The standard InChI is InChI=1S/C16H19N3O2/c20-15(13-7-11-1-4-18-10-14(11)21-13)19-9-12-8-16(12)2-5-17-6-3-16/h1,4,7,10,12,17H,2-3,5-6,8-9H2,(H,19,20).